The quantitative estimate of drug-likeness (QED) is 0.157. The summed E-state index contributed by atoms with van der Waals surface area (Å²) in [5.74, 6) is -5.45. The second-order valence-electron chi connectivity index (χ2n) is 12.6. The van der Waals surface area contributed by atoms with E-state index in [-0.39, 0.29) is 25.4 Å². The van der Waals surface area contributed by atoms with E-state index in [1.807, 2.05) is 6.08 Å². The molecule has 262 valence electrons. The number of hydrogen-bond acceptors (Lipinski definition) is 13. The number of ether oxygens (including phenoxy) is 5. The van der Waals surface area contributed by atoms with Gasteiger partial charge in [-0.25, -0.2) is 4.79 Å². The molecule has 0 amide bonds. The molecule has 4 rings (SSSR count). The fraction of sp³-hybridized carbons (Fsp3) is 0.636. The van der Waals surface area contributed by atoms with Gasteiger partial charge >= 0.3 is 11.9 Å². The molecule has 3 fully saturated rings. The molecule has 0 aromatic heterocycles. The van der Waals surface area contributed by atoms with Crippen molar-refractivity contribution >= 4 is 11.9 Å². The second-order valence-corrected chi connectivity index (χ2v) is 12.6. The maximum absolute atomic E-state index is 12.3. The molecule has 4 heterocycles. The third-order valence-electron chi connectivity index (χ3n) is 8.58. The summed E-state index contributed by atoms with van der Waals surface area (Å²) in [4.78, 5) is 24.4. The first-order valence-electron chi connectivity index (χ1n) is 15.9. The van der Waals surface area contributed by atoms with Gasteiger partial charge in [-0.2, -0.15) is 0 Å². The molecule has 14 heteroatoms. The fourth-order valence-corrected chi connectivity index (χ4v) is 6.00. The van der Waals surface area contributed by atoms with Gasteiger partial charge in [0.1, 0.15) is 24.2 Å². The molecule has 0 aromatic rings. The molecule has 47 heavy (non-hydrogen) atoms. The minimum absolute atomic E-state index is 0.0789. The van der Waals surface area contributed by atoms with Gasteiger partial charge in [-0.1, -0.05) is 48.6 Å². The maximum atomic E-state index is 12.3. The molecule has 0 aromatic carbocycles. The average Bonchev–Trinajstić information content (AvgIpc) is 3.72. The largest absolute Gasteiger partial charge is 0.481 e. The van der Waals surface area contributed by atoms with Crippen LogP contribution in [0.2, 0.25) is 0 Å². The van der Waals surface area contributed by atoms with Crippen molar-refractivity contribution in [2.45, 2.75) is 125 Å². The number of aliphatic carboxylic acids is 1. The number of cyclic esters (lactones) is 1. The Balaban J connectivity index is 1.58. The number of epoxide rings is 1. The van der Waals surface area contributed by atoms with Crippen molar-refractivity contribution in [2.75, 3.05) is 0 Å². The first-order valence-corrected chi connectivity index (χ1v) is 15.9. The molecule has 3 saturated heterocycles. The van der Waals surface area contributed by atoms with Gasteiger partial charge < -0.3 is 60.1 Å². The normalized spacial score (nSPS) is 46.6. The third kappa shape index (κ3) is 10.6. The van der Waals surface area contributed by atoms with E-state index in [0.29, 0.717) is 6.42 Å². The molecule has 0 spiro atoms. The van der Waals surface area contributed by atoms with E-state index in [1.165, 1.54) is 12.2 Å². The number of aliphatic hydroxyl groups is 5. The van der Waals surface area contributed by atoms with E-state index in [4.69, 9.17) is 29.4 Å². The van der Waals surface area contributed by atoms with Crippen LogP contribution in [0.5, 0.6) is 0 Å². The molecular weight excluding hydrogens is 618 g/mol. The molecule has 14 nitrogen and oxygen atoms in total. The lowest BCUT2D eigenvalue weighted by Gasteiger charge is -2.45. The van der Waals surface area contributed by atoms with Gasteiger partial charge in [0.25, 0.3) is 0 Å². The zero-order valence-corrected chi connectivity index (χ0v) is 26.4. The maximum Gasteiger partial charge on any atom is 0.330 e. The second kappa shape index (κ2) is 16.6. The van der Waals surface area contributed by atoms with Crippen molar-refractivity contribution in [2.24, 2.45) is 11.7 Å². The number of aliphatic hydroxyl groups excluding tert-OH is 4. The molecule has 4 aliphatic rings. The van der Waals surface area contributed by atoms with Crippen molar-refractivity contribution in [3.8, 4) is 0 Å². The van der Waals surface area contributed by atoms with Gasteiger partial charge in [-0.05, 0) is 19.9 Å². The predicted molar refractivity (Wildman–Crippen MR) is 165 cm³/mol. The number of fused-ring (bicyclic) bond motifs is 3. The Hall–Kier alpha value is -2.76. The van der Waals surface area contributed by atoms with Crippen molar-refractivity contribution in [1.29, 1.82) is 0 Å². The monoisotopic (exact) mass is 665 g/mol. The number of carbonyl (C=O) groups is 2. The number of hydrogen-bond donors (Lipinski definition) is 7. The molecular formula is C33H47NO13. The topological polar surface area (TPSA) is 231 Å². The van der Waals surface area contributed by atoms with Gasteiger partial charge in [0.15, 0.2) is 12.1 Å². The van der Waals surface area contributed by atoms with Crippen LogP contribution >= 0.6 is 0 Å². The van der Waals surface area contributed by atoms with Crippen LogP contribution in [-0.2, 0) is 33.3 Å². The molecule has 0 saturated carbocycles. The van der Waals surface area contributed by atoms with Crippen LogP contribution < -0.4 is 5.73 Å². The lowest BCUT2D eigenvalue weighted by molar-refractivity contribution is -0.308. The zero-order chi connectivity index (χ0) is 34.3. The van der Waals surface area contributed by atoms with Gasteiger partial charge in [0.05, 0.1) is 48.8 Å². The van der Waals surface area contributed by atoms with Gasteiger partial charge in [-0.15, -0.1) is 0 Å². The fourth-order valence-electron chi connectivity index (χ4n) is 6.00. The highest BCUT2D eigenvalue weighted by Crippen LogP contribution is 2.39. The Morgan fingerprint density at radius 3 is 2.36 bits per heavy atom. The van der Waals surface area contributed by atoms with E-state index < -0.39 is 97.3 Å². The van der Waals surface area contributed by atoms with E-state index in [2.05, 4.69) is 0 Å². The van der Waals surface area contributed by atoms with Gasteiger partial charge in [0, 0.05) is 38.2 Å². The number of carbonyl (C=O) groups excluding carboxylic acids is 1. The predicted octanol–water partition coefficient (Wildman–Crippen LogP) is 0.120. The van der Waals surface area contributed by atoms with Gasteiger partial charge in [-0.3, -0.25) is 4.79 Å². The minimum atomic E-state index is -2.10. The number of carboxylic acids is 1. The number of carboxylic acid groups (broad SMARTS) is 1. The first-order chi connectivity index (χ1) is 22.3. The van der Waals surface area contributed by atoms with Crippen LogP contribution in [0.4, 0.5) is 0 Å². The van der Waals surface area contributed by atoms with Crippen LogP contribution in [-0.4, -0.2) is 122 Å². The highest BCUT2D eigenvalue weighted by molar-refractivity contribution is 5.82. The molecule has 14 atom stereocenters. The first kappa shape index (κ1) is 37.1. The summed E-state index contributed by atoms with van der Waals surface area (Å²) in [6.07, 6.45) is 5.25. The van der Waals surface area contributed by atoms with Crippen LogP contribution in [0.3, 0.4) is 0 Å². The number of nitrogens with two attached hydrogens (primary N) is 1. The summed E-state index contributed by atoms with van der Waals surface area (Å²) < 4.78 is 28.5. The van der Waals surface area contributed by atoms with E-state index in [9.17, 15) is 40.2 Å². The summed E-state index contributed by atoms with van der Waals surface area (Å²) in [5.41, 5.74) is 5.98. The number of esters is 1. The Morgan fingerprint density at radius 2 is 1.64 bits per heavy atom. The minimum Gasteiger partial charge on any atom is -0.481 e. The SMILES string of the molecule is C[C@@H]1C/C=C/C=C/C=C/C=CC(O[C@@H]2O[C@H](C)[C@@H](O)[C@H](N)[C@@H]2O)C[C@@H]2O[C@](O)(C[C@@H](O)C[C@H]3O[C@@H]3/C=C/C(=O)O1)C[C@H](O)[C@H]2C(=O)O. The summed E-state index contributed by atoms with van der Waals surface area (Å²) in [7, 11) is 0. The van der Waals surface area contributed by atoms with Crippen LogP contribution in [0.1, 0.15) is 46.0 Å². The Labute approximate surface area is 273 Å². The zero-order valence-electron chi connectivity index (χ0n) is 26.4. The lowest BCUT2D eigenvalue weighted by Crippen LogP contribution is -2.61. The highest BCUT2D eigenvalue weighted by atomic mass is 16.7. The summed E-state index contributed by atoms with van der Waals surface area (Å²) in [5, 5.41) is 63.9. The van der Waals surface area contributed by atoms with E-state index in [0.717, 1.165) is 0 Å². The number of rotatable bonds is 3. The molecule has 0 radical (unpaired) electrons. The Kier molecular flexibility index (Phi) is 13.1. The Morgan fingerprint density at radius 1 is 0.936 bits per heavy atom. The summed E-state index contributed by atoms with van der Waals surface area (Å²) in [6, 6.07) is -1.08. The van der Waals surface area contributed by atoms with Crippen molar-refractivity contribution in [3.63, 3.8) is 0 Å². The number of allylic oxidation sites excluding steroid dienone is 6. The van der Waals surface area contributed by atoms with E-state index >= 15 is 0 Å². The smallest absolute Gasteiger partial charge is 0.330 e. The molecule has 2 bridgehead atoms. The van der Waals surface area contributed by atoms with Crippen molar-refractivity contribution < 1.29 is 63.9 Å². The summed E-state index contributed by atoms with van der Waals surface area (Å²) in [6.45, 7) is 3.34. The van der Waals surface area contributed by atoms with Crippen LogP contribution in [0.25, 0.3) is 0 Å². The lowest BCUT2D eigenvalue weighted by atomic mass is 9.83. The van der Waals surface area contributed by atoms with Crippen molar-refractivity contribution in [3.05, 3.63) is 60.8 Å². The molecule has 4 aliphatic heterocycles. The molecule has 0 aliphatic carbocycles. The van der Waals surface area contributed by atoms with E-state index in [1.54, 1.807) is 56.4 Å². The van der Waals surface area contributed by atoms with Crippen LogP contribution in [0, 0.1) is 5.92 Å². The average molecular weight is 666 g/mol. The summed E-state index contributed by atoms with van der Waals surface area (Å²) >= 11 is 0. The standard InChI is InChI=1S/C33H47NO13/c1-18-10-8-6-4-3-5-7-9-11-21(45-32-30(39)28(34)29(38)19(2)44-32)15-25-27(31(40)41)22(36)17-33(42,47-25)16-20(35)14-24-23(46-24)12-13-26(37)43-18/h3-9,11-13,18-25,27-30,32,35-36,38-39,42H,10,14-17,34H2,1-2H3,(H,40,41)/b4-3+,7-5+,8-6+,11-9?,13-12+/t18-,19-,20+,21?,22+,23-,24-,25+,27-,28+,29-,30+,32+,33-/m1/s1. The Bertz CT molecular complexity index is 1220. The third-order valence-corrected chi connectivity index (χ3v) is 8.58. The highest BCUT2D eigenvalue weighted by Gasteiger charge is 2.51. The van der Waals surface area contributed by atoms with Crippen LogP contribution in [0.15, 0.2) is 60.8 Å². The molecule has 1 unspecified atom stereocenters. The van der Waals surface area contributed by atoms with Gasteiger partial charge in [0.2, 0.25) is 0 Å². The molecule has 8 N–H and O–H groups in total. The van der Waals surface area contributed by atoms with Crippen molar-refractivity contribution in [1.82, 2.24) is 0 Å².